The number of anilines is 1. The third kappa shape index (κ3) is 4.23. The Bertz CT molecular complexity index is 542. The lowest BCUT2D eigenvalue weighted by Crippen LogP contribution is -2.43. The number of nitrogens with zero attached hydrogens (tertiary/aromatic N) is 1. The van der Waals surface area contributed by atoms with Gasteiger partial charge in [0.15, 0.2) is 0 Å². The van der Waals surface area contributed by atoms with Gasteiger partial charge in [-0.2, -0.15) is 0 Å². The molecular formula is C17H24N2O3. The van der Waals surface area contributed by atoms with E-state index in [1.165, 1.54) is 4.90 Å². The van der Waals surface area contributed by atoms with E-state index < -0.39 is 12.1 Å². The Morgan fingerprint density at radius 2 is 2.18 bits per heavy atom. The summed E-state index contributed by atoms with van der Waals surface area (Å²) in [6.07, 6.45) is 1.10. The molecule has 1 aromatic rings. The largest absolute Gasteiger partial charge is 0.449 e. The summed E-state index contributed by atoms with van der Waals surface area (Å²) in [5.74, 6) is 0.135. The van der Waals surface area contributed by atoms with E-state index in [-0.39, 0.29) is 11.8 Å². The molecule has 0 aliphatic carbocycles. The number of hydrogen-bond donors (Lipinski definition) is 1. The molecule has 1 aliphatic heterocycles. The molecule has 1 saturated heterocycles. The van der Waals surface area contributed by atoms with Crippen LogP contribution in [-0.4, -0.2) is 36.1 Å². The van der Waals surface area contributed by atoms with Gasteiger partial charge in [0.05, 0.1) is 6.61 Å². The second-order valence-electron chi connectivity index (χ2n) is 6.18. The van der Waals surface area contributed by atoms with Crippen molar-refractivity contribution in [2.45, 2.75) is 39.7 Å². The van der Waals surface area contributed by atoms with Gasteiger partial charge in [0, 0.05) is 12.2 Å². The molecule has 1 heterocycles. The van der Waals surface area contributed by atoms with Crippen LogP contribution in [0, 0.1) is 12.8 Å². The fraction of sp³-hybridized carbons (Fsp3) is 0.529. The smallest absolute Gasteiger partial charge is 0.410 e. The minimum atomic E-state index is -0.444. The number of rotatable bonds is 4. The number of benzene rings is 1. The molecule has 5 heteroatoms. The molecule has 1 aliphatic rings. The Balaban J connectivity index is 1.97. The molecule has 2 rings (SSSR count). The third-order valence-electron chi connectivity index (χ3n) is 3.62. The molecule has 0 spiro atoms. The minimum Gasteiger partial charge on any atom is -0.449 e. The second-order valence-corrected chi connectivity index (χ2v) is 6.18. The molecular weight excluding hydrogens is 280 g/mol. The quantitative estimate of drug-likeness (QED) is 0.929. The van der Waals surface area contributed by atoms with Crippen molar-refractivity contribution in [1.29, 1.82) is 0 Å². The highest BCUT2D eigenvalue weighted by atomic mass is 16.6. The van der Waals surface area contributed by atoms with Crippen LogP contribution < -0.4 is 5.32 Å². The zero-order valence-corrected chi connectivity index (χ0v) is 13.5. The highest BCUT2D eigenvalue weighted by Crippen LogP contribution is 2.20. The molecule has 120 valence electrons. The summed E-state index contributed by atoms with van der Waals surface area (Å²) in [5.41, 5.74) is 1.84. The predicted octanol–water partition coefficient (Wildman–Crippen LogP) is 3.19. The van der Waals surface area contributed by atoms with Crippen molar-refractivity contribution >= 4 is 17.7 Å². The van der Waals surface area contributed by atoms with E-state index in [9.17, 15) is 9.59 Å². The normalized spacial score (nSPS) is 17.6. The highest BCUT2D eigenvalue weighted by molar-refractivity contribution is 5.96. The van der Waals surface area contributed by atoms with Gasteiger partial charge in [-0.15, -0.1) is 0 Å². The van der Waals surface area contributed by atoms with Gasteiger partial charge in [0.25, 0.3) is 0 Å². The van der Waals surface area contributed by atoms with Gasteiger partial charge in [-0.25, -0.2) is 4.79 Å². The first-order valence-corrected chi connectivity index (χ1v) is 7.78. The number of amides is 2. The van der Waals surface area contributed by atoms with Crippen LogP contribution in [-0.2, 0) is 9.53 Å². The van der Waals surface area contributed by atoms with Crippen molar-refractivity contribution in [1.82, 2.24) is 4.90 Å². The molecule has 22 heavy (non-hydrogen) atoms. The van der Waals surface area contributed by atoms with Crippen molar-refractivity contribution in [3.63, 3.8) is 0 Å². The lowest BCUT2D eigenvalue weighted by Gasteiger charge is -2.23. The maximum absolute atomic E-state index is 12.4. The lowest BCUT2D eigenvalue weighted by atomic mass is 10.2. The van der Waals surface area contributed by atoms with Crippen molar-refractivity contribution in [2.75, 3.05) is 18.5 Å². The molecule has 1 atom stereocenters. The molecule has 0 saturated carbocycles. The molecule has 0 radical (unpaired) electrons. The standard InChI is InChI=1S/C17H24N2O3/c1-12(2)11-22-17(21)19-9-5-8-15(19)16(20)18-14-7-4-6-13(3)10-14/h4,6-7,10,12,15H,5,8-9,11H2,1-3H3,(H,18,20)/t15-/m1/s1. The molecule has 0 bridgehead atoms. The highest BCUT2D eigenvalue weighted by Gasteiger charge is 2.35. The first-order chi connectivity index (χ1) is 10.5. The van der Waals surface area contributed by atoms with Crippen LogP contribution in [0.5, 0.6) is 0 Å². The van der Waals surface area contributed by atoms with E-state index in [2.05, 4.69) is 5.32 Å². The zero-order valence-electron chi connectivity index (χ0n) is 13.5. The SMILES string of the molecule is Cc1cccc(NC(=O)[C@H]2CCCN2C(=O)OCC(C)C)c1. The fourth-order valence-corrected chi connectivity index (χ4v) is 2.53. The lowest BCUT2D eigenvalue weighted by molar-refractivity contribution is -0.120. The second kappa shape index (κ2) is 7.29. The van der Waals surface area contributed by atoms with E-state index in [0.717, 1.165) is 17.7 Å². The molecule has 0 unspecified atom stereocenters. The Hall–Kier alpha value is -2.04. The topological polar surface area (TPSA) is 58.6 Å². The monoisotopic (exact) mass is 304 g/mol. The Kier molecular flexibility index (Phi) is 5.41. The number of aryl methyl sites for hydroxylation is 1. The third-order valence-corrected chi connectivity index (χ3v) is 3.62. The summed E-state index contributed by atoms with van der Waals surface area (Å²) in [4.78, 5) is 26.0. The summed E-state index contributed by atoms with van der Waals surface area (Å²) in [5, 5.41) is 2.89. The van der Waals surface area contributed by atoms with Crippen LogP contribution >= 0.6 is 0 Å². The summed E-state index contributed by atoms with van der Waals surface area (Å²) in [7, 11) is 0. The summed E-state index contributed by atoms with van der Waals surface area (Å²) >= 11 is 0. The molecule has 1 aromatic carbocycles. The summed E-state index contributed by atoms with van der Waals surface area (Å²) in [6, 6.07) is 7.19. The van der Waals surface area contributed by atoms with E-state index >= 15 is 0 Å². The Morgan fingerprint density at radius 3 is 2.86 bits per heavy atom. The molecule has 0 aromatic heterocycles. The van der Waals surface area contributed by atoms with Gasteiger partial charge in [-0.1, -0.05) is 26.0 Å². The van der Waals surface area contributed by atoms with Gasteiger partial charge < -0.3 is 10.1 Å². The Morgan fingerprint density at radius 1 is 1.41 bits per heavy atom. The maximum Gasteiger partial charge on any atom is 0.410 e. The minimum absolute atomic E-state index is 0.149. The number of ether oxygens (including phenoxy) is 1. The average molecular weight is 304 g/mol. The van der Waals surface area contributed by atoms with Crippen LogP contribution in [0.1, 0.15) is 32.3 Å². The van der Waals surface area contributed by atoms with E-state index in [4.69, 9.17) is 4.74 Å². The molecule has 5 nitrogen and oxygen atoms in total. The Labute approximate surface area is 131 Å². The van der Waals surface area contributed by atoms with Crippen LogP contribution in [0.15, 0.2) is 24.3 Å². The van der Waals surface area contributed by atoms with Crippen LogP contribution in [0.2, 0.25) is 0 Å². The van der Waals surface area contributed by atoms with E-state index in [1.54, 1.807) is 0 Å². The van der Waals surface area contributed by atoms with Crippen LogP contribution in [0.25, 0.3) is 0 Å². The van der Waals surface area contributed by atoms with E-state index in [0.29, 0.717) is 19.6 Å². The molecule has 1 N–H and O–H groups in total. The average Bonchev–Trinajstić information content (AvgIpc) is 2.94. The first-order valence-electron chi connectivity index (χ1n) is 7.78. The maximum atomic E-state index is 12.4. The van der Waals surface area contributed by atoms with Crippen molar-refractivity contribution in [2.24, 2.45) is 5.92 Å². The number of carbonyl (C=O) groups excluding carboxylic acids is 2. The summed E-state index contributed by atoms with van der Waals surface area (Å²) < 4.78 is 5.24. The van der Waals surface area contributed by atoms with Gasteiger partial charge in [0.1, 0.15) is 6.04 Å². The van der Waals surface area contributed by atoms with Crippen molar-refractivity contribution in [3.8, 4) is 0 Å². The van der Waals surface area contributed by atoms with Gasteiger partial charge in [-0.3, -0.25) is 9.69 Å². The van der Waals surface area contributed by atoms with Crippen molar-refractivity contribution < 1.29 is 14.3 Å². The fourth-order valence-electron chi connectivity index (χ4n) is 2.53. The van der Waals surface area contributed by atoms with Gasteiger partial charge >= 0.3 is 6.09 Å². The first kappa shape index (κ1) is 16.3. The van der Waals surface area contributed by atoms with Crippen LogP contribution in [0.4, 0.5) is 10.5 Å². The van der Waals surface area contributed by atoms with Crippen LogP contribution in [0.3, 0.4) is 0 Å². The van der Waals surface area contributed by atoms with E-state index in [1.807, 2.05) is 45.0 Å². The van der Waals surface area contributed by atoms with Gasteiger partial charge in [-0.05, 0) is 43.4 Å². The molecule has 2 amide bonds. The molecule has 1 fully saturated rings. The number of likely N-dealkylation sites (tertiary alicyclic amines) is 1. The predicted molar refractivity (Wildman–Crippen MR) is 85.7 cm³/mol. The zero-order chi connectivity index (χ0) is 16.1. The number of nitrogens with one attached hydrogen (secondary N) is 1. The summed E-state index contributed by atoms with van der Waals surface area (Å²) in [6.45, 7) is 6.89. The van der Waals surface area contributed by atoms with Crippen molar-refractivity contribution in [3.05, 3.63) is 29.8 Å². The number of carbonyl (C=O) groups is 2. The van der Waals surface area contributed by atoms with Gasteiger partial charge in [0.2, 0.25) is 5.91 Å². The number of hydrogen-bond acceptors (Lipinski definition) is 3.